The first kappa shape index (κ1) is 13.5. The van der Waals surface area contributed by atoms with E-state index in [4.69, 9.17) is 0 Å². The van der Waals surface area contributed by atoms with Crippen molar-refractivity contribution in [3.05, 3.63) is 36.7 Å². The van der Waals surface area contributed by atoms with Gasteiger partial charge in [-0.05, 0) is 30.4 Å². The molecule has 20 heavy (non-hydrogen) atoms. The summed E-state index contributed by atoms with van der Waals surface area (Å²) in [6, 6.07) is 7.04. The molecule has 1 atom stereocenters. The van der Waals surface area contributed by atoms with Crippen LogP contribution >= 0.6 is 0 Å². The Morgan fingerprint density at radius 3 is 2.75 bits per heavy atom. The van der Waals surface area contributed by atoms with E-state index in [2.05, 4.69) is 23.6 Å². The number of hydrogen-bond acceptors (Lipinski definition) is 3. The van der Waals surface area contributed by atoms with Gasteiger partial charge in [-0.3, -0.25) is 4.98 Å². The molecule has 2 aromatic rings. The summed E-state index contributed by atoms with van der Waals surface area (Å²) in [6.45, 7) is 4.19. The van der Waals surface area contributed by atoms with Crippen LogP contribution in [0.1, 0.15) is 26.7 Å². The Labute approximate surface area is 119 Å². The number of fused-ring (bicyclic) bond motifs is 1. The zero-order chi connectivity index (χ0) is 14.4. The molecule has 3 rings (SSSR count). The molecule has 106 valence electrons. The lowest BCUT2D eigenvalue weighted by atomic mass is 9.68. The molecule has 1 aliphatic rings. The van der Waals surface area contributed by atoms with Gasteiger partial charge in [-0.1, -0.05) is 26.0 Å². The van der Waals surface area contributed by atoms with E-state index in [0.717, 1.165) is 18.2 Å². The van der Waals surface area contributed by atoms with Crippen molar-refractivity contribution in [1.82, 2.24) is 9.71 Å². The monoisotopic (exact) mass is 290 g/mol. The summed E-state index contributed by atoms with van der Waals surface area (Å²) in [6.07, 6.45) is 5.26. The lowest BCUT2D eigenvalue weighted by molar-refractivity contribution is 0.129. The van der Waals surface area contributed by atoms with Crippen LogP contribution < -0.4 is 4.72 Å². The normalized spacial score (nSPS) is 21.6. The predicted molar refractivity (Wildman–Crippen MR) is 78.9 cm³/mol. The van der Waals surface area contributed by atoms with Crippen LogP contribution in [0.15, 0.2) is 41.6 Å². The van der Waals surface area contributed by atoms with Crippen molar-refractivity contribution >= 4 is 20.8 Å². The number of hydrogen-bond donors (Lipinski definition) is 1. The van der Waals surface area contributed by atoms with Crippen LogP contribution in [0, 0.1) is 5.41 Å². The van der Waals surface area contributed by atoms with Gasteiger partial charge in [0.05, 0.1) is 4.90 Å². The second-order valence-electron chi connectivity index (χ2n) is 6.05. The van der Waals surface area contributed by atoms with Gasteiger partial charge >= 0.3 is 0 Å². The maximum atomic E-state index is 12.6. The maximum Gasteiger partial charge on any atom is 0.241 e. The molecule has 0 radical (unpaired) electrons. The molecule has 1 heterocycles. The van der Waals surface area contributed by atoms with E-state index < -0.39 is 10.0 Å². The van der Waals surface area contributed by atoms with E-state index in [1.165, 1.54) is 0 Å². The smallest absolute Gasteiger partial charge is 0.241 e. The van der Waals surface area contributed by atoms with Gasteiger partial charge < -0.3 is 0 Å². The van der Waals surface area contributed by atoms with Gasteiger partial charge in [-0.25, -0.2) is 13.1 Å². The van der Waals surface area contributed by atoms with Crippen molar-refractivity contribution in [2.45, 2.75) is 37.6 Å². The third-order valence-electron chi connectivity index (χ3n) is 4.25. The van der Waals surface area contributed by atoms with Crippen molar-refractivity contribution in [2.75, 3.05) is 0 Å². The minimum absolute atomic E-state index is 0.0181. The van der Waals surface area contributed by atoms with Crippen LogP contribution in [-0.4, -0.2) is 19.4 Å². The van der Waals surface area contributed by atoms with Crippen molar-refractivity contribution in [2.24, 2.45) is 5.41 Å². The Morgan fingerprint density at radius 1 is 1.30 bits per heavy atom. The quantitative estimate of drug-likeness (QED) is 0.945. The number of rotatable bonds is 3. The minimum atomic E-state index is -3.50. The molecule has 0 aliphatic heterocycles. The minimum Gasteiger partial charge on any atom is -0.264 e. The molecule has 1 aromatic heterocycles. The Morgan fingerprint density at radius 2 is 2.10 bits per heavy atom. The Bertz CT molecular complexity index is 748. The average Bonchev–Trinajstić information content (AvgIpc) is 2.43. The number of nitrogens with zero attached hydrogens (tertiary/aromatic N) is 1. The van der Waals surface area contributed by atoms with Gasteiger partial charge in [0.15, 0.2) is 0 Å². The van der Waals surface area contributed by atoms with E-state index in [1.54, 1.807) is 30.6 Å². The molecule has 0 spiro atoms. The van der Waals surface area contributed by atoms with Crippen molar-refractivity contribution < 1.29 is 8.42 Å². The number of aromatic nitrogens is 1. The first-order valence-corrected chi connectivity index (χ1v) is 8.23. The van der Waals surface area contributed by atoms with Crippen molar-refractivity contribution in [1.29, 1.82) is 0 Å². The van der Waals surface area contributed by atoms with E-state index >= 15 is 0 Å². The third-order valence-corrected chi connectivity index (χ3v) is 5.78. The molecule has 1 unspecified atom stereocenters. The summed E-state index contributed by atoms with van der Waals surface area (Å²) in [4.78, 5) is 4.37. The molecule has 0 saturated heterocycles. The molecular weight excluding hydrogens is 272 g/mol. The topological polar surface area (TPSA) is 59.1 Å². The van der Waals surface area contributed by atoms with Crippen molar-refractivity contribution in [3.63, 3.8) is 0 Å². The van der Waals surface area contributed by atoms with Gasteiger partial charge in [0.1, 0.15) is 0 Å². The van der Waals surface area contributed by atoms with Crippen LogP contribution in [0.3, 0.4) is 0 Å². The summed E-state index contributed by atoms with van der Waals surface area (Å²) >= 11 is 0. The lowest BCUT2D eigenvalue weighted by Gasteiger charge is -2.44. The molecule has 1 aromatic carbocycles. The maximum absolute atomic E-state index is 12.6. The van der Waals surface area contributed by atoms with E-state index in [-0.39, 0.29) is 11.5 Å². The molecule has 0 amide bonds. The summed E-state index contributed by atoms with van der Waals surface area (Å²) in [7, 11) is -3.50. The first-order chi connectivity index (χ1) is 9.40. The number of sulfonamides is 1. The molecule has 1 aliphatic carbocycles. The zero-order valence-corrected chi connectivity index (χ0v) is 12.4. The summed E-state index contributed by atoms with van der Waals surface area (Å²) in [5.74, 6) is 0. The van der Waals surface area contributed by atoms with E-state index in [9.17, 15) is 8.42 Å². The number of pyridine rings is 1. The van der Waals surface area contributed by atoms with E-state index in [1.807, 2.05) is 6.07 Å². The van der Waals surface area contributed by atoms with Crippen LogP contribution in [0.5, 0.6) is 0 Å². The summed E-state index contributed by atoms with van der Waals surface area (Å²) < 4.78 is 28.1. The highest BCUT2D eigenvalue weighted by Crippen LogP contribution is 2.40. The number of nitrogens with one attached hydrogen (secondary N) is 1. The van der Waals surface area contributed by atoms with Crippen LogP contribution in [0.4, 0.5) is 0 Å². The fourth-order valence-electron chi connectivity index (χ4n) is 2.66. The van der Waals surface area contributed by atoms with Gasteiger partial charge in [0, 0.05) is 29.2 Å². The highest BCUT2D eigenvalue weighted by Gasteiger charge is 2.41. The van der Waals surface area contributed by atoms with Gasteiger partial charge in [0.25, 0.3) is 0 Å². The van der Waals surface area contributed by atoms with Gasteiger partial charge in [-0.2, -0.15) is 0 Å². The highest BCUT2D eigenvalue weighted by atomic mass is 32.2. The molecule has 1 fully saturated rings. The Kier molecular flexibility index (Phi) is 3.06. The molecular formula is C15H18N2O2S. The first-order valence-electron chi connectivity index (χ1n) is 6.75. The average molecular weight is 290 g/mol. The molecule has 1 N–H and O–H groups in total. The van der Waals surface area contributed by atoms with Gasteiger partial charge in [-0.15, -0.1) is 0 Å². The fourth-order valence-corrected chi connectivity index (χ4v) is 4.33. The Balaban J connectivity index is 2.02. The zero-order valence-electron chi connectivity index (χ0n) is 11.6. The van der Waals surface area contributed by atoms with E-state index in [0.29, 0.717) is 10.3 Å². The van der Waals surface area contributed by atoms with Crippen LogP contribution in [0.25, 0.3) is 10.8 Å². The van der Waals surface area contributed by atoms with Crippen LogP contribution in [-0.2, 0) is 10.0 Å². The number of benzene rings is 1. The largest absolute Gasteiger partial charge is 0.264 e. The standard InChI is InChI=1S/C15H18N2O2S/c1-15(2)8-6-14(15)17-20(18,19)13-5-3-4-11-10-16-9-7-12(11)13/h3-5,7,9-10,14,17H,6,8H2,1-2H3. The SMILES string of the molecule is CC1(C)CCC1NS(=O)(=O)c1cccc2cnccc12. The molecule has 0 bridgehead atoms. The molecule has 1 saturated carbocycles. The second-order valence-corrected chi connectivity index (χ2v) is 7.74. The summed E-state index contributed by atoms with van der Waals surface area (Å²) in [5, 5.41) is 1.55. The fraction of sp³-hybridized carbons (Fsp3) is 0.400. The predicted octanol–water partition coefficient (Wildman–Crippen LogP) is 2.70. The Hall–Kier alpha value is -1.46. The molecule has 5 heteroatoms. The molecule has 4 nitrogen and oxygen atoms in total. The summed E-state index contributed by atoms with van der Waals surface area (Å²) in [5.41, 5.74) is 0.0409. The second kappa shape index (κ2) is 4.53. The van der Waals surface area contributed by atoms with Gasteiger partial charge in [0.2, 0.25) is 10.0 Å². The third kappa shape index (κ3) is 2.21. The van der Waals surface area contributed by atoms with Crippen LogP contribution in [0.2, 0.25) is 0 Å². The van der Waals surface area contributed by atoms with Crippen molar-refractivity contribution in [3.8, 4) is 0 Å². The highest BCUT2D eigenvalue weighted by molar-refractivity contribution is 7.89. The lowest BCUT2D eigenvalue weighted by Crippen LogP contribution is -2.51.